The highest BCUT2D eigenvalue weighted by atomic mass is 32.1. The van der Waals surface area contributed by atoms with E-state index in [1.807, 2.05) is 13.8 Å². The Hall–Kier alpha value is -2.61. The number of hydrogen-bond donors (Lipinski definition) is 1. The molecule has 1 N–H and O–H groups in total. The largest absolute Gasteiger partial charge is 0.497 e. The van der Waals surface area contributed by atoms with Crippen molar-refractivity contribution in [2.45, 2.75) is 26.9 Å². The van der Waals surface area contributed by atoms with Gasteiger partial charge in [-0.3, -0.25) is 18.9 Å². The highest BCUT2D eigenvalue weighted by Gasteiger charge is 2.14. The zero-order chi connectivity index (χ0) is 18.6. The number of methoxy groups -OCH3 is 2. The normalized spacial score (nSPS) is 11.0. The predicted octanol–water partition coefficient (Wildman–Crippen LogP) is 2.89. The summed E-state index contributed by atoms with van der Waals surface area (Å²) < 4.78 is 13.6. The van der Waals surface area contributed by atoms with E-state index in [4.69, 9.17) is 21.7 Å². The number of ether oxygens (including phenoxy) is 2. The third kappa shape index (κ3) is 3.58. The van der Waals surface area contributed by atoms with Crippen molar-refractivity contribution < 1.29 is 14.6 Å². The topological polar surface area (TPSA) is 78.0 Å². The Bertz CT molecular complexity index is 915. The minimum Gasteiger partial charge on any atom is -0.497 e. The lowest BCUT2D eigenvalue weighted by molar-refractivity contribution is 0.399. The quantitative estimate of drug-likeness (QED) is 0.631. The second-order valence-electron chi connectivity index (χ2n) is 5.11. The highest BCUT2D eigenvalue weighted by molar-refractivity contribution is 7.71. The number of rotatable bonds is 6. The molecule has 1 aromatic heterocycles. The molecule has 0 saturated carbocycles. The van der Waals surface area contributed by atoms with E-state index >= 15 is 0 Å². The molecule has 0 saturated heterocycles. The average Bonchev–Trinajstić information content (AvgIpc) is 2.62. The van der Waals surface area contributed by atoms with Gasteiger partial charge in [-0.15, -0.1) is 0 Å². The monoisotopic (exact) mass is 363 g/mol. The van der Waals surface area contributed by atoms with Gasteiger partial charge in [0.15, 0.2) is 4.77 Å². The summed E-state index contributed by atoms with van der Waals surface area (Å²) in [5.41, 5.74) is 0.164. The van der Waals surface area contributed by atoms with E-state index in [0.717, 1.165) is 0 Å². The predicted molar refractivity (Wildman–Crippen MR) is 99.3 cm³/mol. The van der Waals surface area contributed by atoms with Crippen molar-refractivity contribution in [3.63, 3.8) is 0 Å². The Kier molecular flexibility index (Phi) is 5.97. The Morgan fingerprint density at radius 1 is 1.20 bits per heavy atom. The molecule has 0 fully saturated rings. The van der Waals surface area contributed by atoms with E-state index in [1.54, 1.807) is 25.3 Å². The lowest BCUT2D eigenvalue weighted by atomic mass is 10.2. The Morgan fingerprint density at radius 3 is 2.44 bits per heavy atom. The van der Waals surface area contributed by atoms with Crippen molar-refractivity contribution in [3.8, 4) is 17.4 Å². The van der Waals surface area contributed by atoms with Crippen LogP contribution in [0.25, 0.3) is 0 Å². The van der Waals surface area contributed by atoms with Crippen molar-refractivity contribution in [1.82, 2.24) is 9.13 Å². The van der Waals surface area contributed by atoms with E-state index in [0.29, 0.717) is 30.3 Å². The summed E-state index contributed by atoms with van der Waals surface area (Å²) in [6.45, 7) is 4.50. The maximum absolute atomic E-state index is 12.6. The van der Waals surface area contributed by atoms with Gasteiger partial charge in [-0.1, -0.05) is 0 Å². The van der Waals surface area contributed by atoms with Crippen molar-refractivity contribution in [2.75, 3.05) is 14.2 Å². The van der Waals surface area contributed by atoms with Crippen molar-refractivity contribution >= 4 is 24.1 Å². The number of benzene rings is 1. The summed E-state index contributed by atoms with van der Waals surface area (Å²) in [6.07, 6.45) is 1.32. The van der Waals surface area contributed by atoms with Gasteiger partial charge in [0.05, 0.1) is 14.2 Å². The summed E-state index contributed by atoms with van der Waals surface area (Å²) in [4.78, 5) is 16.9. The molecule has 134 valence electrons. The fraction of sp³-hybridized carbons (Fsp3) is 0.353. The zero-order valence-electron chi connectivity index (χ0n) is 14.6. The Balaban J connectivity index is 2.63. The molecule has 1 heterocycles. The van der Waals surface area contributed by atoms with Crippen LogP contribution >= 0.6 is 12.2 Å². The summed E-state index contributed by atoms with van der Waals surface area (Å²) in [5.74, 6) is 0.927. The van der Waals surface area contributed by atoms with Gasteiger partial charge >= 0.3 is 0 Å². The molecule has 0 radical (unpaired) electrons. The van der Waals surface area contributed by atoms with E-state index in [9.17, 15) is 9.90 Å². The van der Waals surface area contributed by atoms with Gasteiger partial charge < -0.3 is 14.6 Å². The van der Waals surface area contributed by atoms with Crippen molar-refractivity contribution in [2.24, 2.45) is 4.99 Å². The first-order valence-electron chi connectivity index (χ1n) is 7.81. The first-order chi connectivity index (χ1) is 12.0. The molecule has 0 aliphatic heterocycles. The zero-order valence-corrected chi connectivity index (χ0v) is 15.5. The molecule has 2 rings (SSSR count). The molecule has 0 amide bonds. The van der Waals surface area contributed by atoms with Crippen LogP contribution in [0, 0.1) is 4.77 Å². The van der Waals surface area contributed by atoms with Crippen LogP contribution < -0.4 is 15.0 Å². The van der Waals surface area contributed by atoms with Crippen molar-refractivity contribution in [1.29, 1.82) is 0 Å². The molecule has 7 nitrogen and oxygen atoms in total. The number of nitrogens with zero attached hydrogens (tertiary/aromatic N) is 3. The van der Waals surface area contributed by atoms with Crippen LogP contribution in [-0.2, 0) is 13.1 Å². The van der Waals surface area contributed by atoms with Crippen LogP contribution in [0.15, 0.2) is 28.0 Å². The van der Waals surface area contributed by atoms with Gasteiger partial charge in [0, 0.05) is 25.4 Å². The third-order valence-corrected chi connectivity index (χ3v) is 4.23. The van der Waals surface area contributed by atoms with Gasteiger partial charge in [-0.05, 0) is 38.2 Å². The lowest BCUT2D eigenvalue weighted by Gasteiger charge is -2.13. The number of hydrogen-bond acceptors (Lipinski definition) is 6. The van der Waals surface area contributed by atoms with Crippen LogP contribution in [0.3, 0.4) is 0 Å². The summed E-state index contributed by atoms with van der Waals surface area (Å²) >= 11 is 5.26. The highest BCUT2D eigenvalue weighted by Crippen LogP contribution is 2.31. The van der Waals surface area contributed by atoms with Gasteiger partial charge in [-0.2, -0.15) is 0 Å². The molecule has 1 aromatic carbocycles. The number of aliphatic imine (C=N–C) groups is 1. The lowest BCUT2D eigenvalue weighted by Crippen LogP contribution is -2.27. The minimum atomic E-state index is -0.389. The van der Waals surface area contributed by atoms with Crippen LogP contribution in [-0.4, -0.2) is 34.7 Å². The molecular weight excluding hydrogens is 342 g/mol. The van der Waals surface area contributed by atoms with Crippen LogP contribution in [0.5, 0.6) is 17.4 Å². The minimum absolute atomic E-state index is 0.0715. The van der Waals surface area contributed by atoms with Crippen molar-refractivity contribution in [3.05, 3.63) is 38.9 Å². The van der Waals surface area contributed by atoms with Gasteiger partial charge in [-0.25, -0.2) is 0 Å². The number of aromatic nitrogens is 2. The fourth-order valence-electron chi connectivity index (χ4n) is 2.42. The molecule has 0 aliphatic rings. The SMILES string of the molecule is CCn1c(O)c(C=Nc2cc(OC)ccc2OC)c(=O)n(CC)c1=S. The standard InChI is InChI=1S/C17H21N3O4S/c1-5-19-15(21)12(16(22)20(6-2)17(19)25)10-18-13-9-11(23-3)7-8-14(13)24-4/h7-10,21H,5-6H2,1-4H3. The smallest absolute Gasteiger partial charge is 0.267 e. The molecule has 0 spiro atoms. The van der Waals surface area contributed by atoms with E-state index in [2.05, 4.69) is 4.99 Å². The second kappa shape index (κ2) is 7.98. The summed E-state index contributed by atoms with van der Waals surface area (Å²) in [5, 5.41) is 10.4. The Labute approximate surface area is 150 Å². The maximum atomic E-state index is 12.6. The maximum Gasteiger partial charge on any atom is 0.267 e. The summed E-state index contributed by atoms with van der Waals surface area (Å²) in [7, 11) is 3.08. The average molecular weight is 363 g/mol. The first kappa shape index (κ1) is 18.7. The molecule has 0 aliphatic carbocycles. The molecular formula is C17H21N3O4S. The van der Waals surface area contributed by atoms with Gasteiger partial charge in [0.25, 0.3) is 5.56 Å². The molecule has 0 bridgehead atoms. The van der Waals surface area contributed by atoms with E-state index in [1.165, 1.54) is 22.5 Å². The fourth-order valence-corrected chi connectivity index (χ4v) is 2.85. The first-order valence-corrected chi connectivity index (χ1v) is 8.21. The summed E-state index contributed by atoms with van der Waals surface area (Å²) in [6, 6.07) is 5.14. The third-order valence-electron chi connectivity index (χ3n) is 3.79. The van der Waals surface area contributed by atoms with E-state index < -0.39 is 0 Å². The molecule has 0 unspecified atom stereocenters. The Morgan fingerprint density at radius 2 is 1.88 bits per heavy atom. The second-order valence-corrected chi connectivity index (χ2v) is 5.47. The van der Waals surface area contributed by atoms with Gasteiger partial charge in [0.1, 0.15) is 22.7 Å². The molecule has 0 atom stereocenters. The van der Waals surface area contributed by atoms with Crippen LogP contribution in [0.1, 0.15) is 19.4 Å². The van der Waals surface area contributed by atoms with E-state index in [-0.39, 0.29) is 21.8 Å². The molecule has 8 heteroatoms. The van der Waals surface area contributed by atoms with Crippen LogP contribution in [0.4, 0.5) is 5.69 Å². The number of aromatic hydroxyl groups is 1. The van der Waals surface area contributed by atoms with Gasteiger partial charge in [0.2, 0.25) is 5.88 Å². The molecule has 2 aromatic rings. The van der Waals surface area contributed by atoms with Crippen LogP contribution in [0.2, 0.25) is 0 Å². The molecule has 25 heavy (non-hydrogen) atoms.